The fourth-order valence-electron chi connectivity index (χ4n) is 3.09. The van der Waals surface area contributed by atoms with Crippen LogP contribution in [0, 0.1) is 11.8 Å². The Kier molecular flexibility index (Phi) is 5.28. The molecule has 1 aliphatic rings. The first-order chi connectivity index (χ1) is 13.6. The molecular weight excluding hydrogens is 378 g/mol. The highest BCUT2D eigenvalue weighted by Gasteiger charge is 2.39. The van der Waals surface area contributed by atoms with Crippen LogP contribution in [0.1, 0.15) is 38.2 Å². The number of aliphatic hydroxyl groups is 2. The molecule has 3 aromatic heterocycles. The number of imidazole rings is 1. The van der Waals surface area contributed by atoms with Crippen molar-refractivity contribution in [2.45, 2.75) is 44.6 Å². The van der Waals surface area contributed by atoms with Crippen molar-refractivity contribution in [2.24, 2.45) is 0 Å². The summed E-state index contributed by atoms with van der Waals surface area (Å²) in [5.74, 6) is 7.08. The highest BCUT2D eigenvalue weighted by molar-refractivity contribution is 7.13. The summed E-state index contributed by atoms with van der Waals surface area (Å²) in [6.07, 6.45) is -0.0866. The molecule has 1 aliphatic heterocycles. The van der Waals surface area contributed by atoms with Crippen LogP contribution in [-0.4, -0.2) is 48.5 Å². The molecule has 2 unspecified atom stereocenters. The van der Waals surface area contributed by atoms with Crippen molar-refractivity contribution in [3.8, 4) is 22.5 Å². The Morgan fingerprint density at radius 3 is 2.89 bits per heavy atom. The van der Waals surface area contributed by atoms with Crippen LogP contribution in [0.25, 0.3) is 21.9 Å². The number of hydrogen-bond acceptors (Lipinski definition) is 8. The number of ether oxygens (including phenoxy) is 1. The van der Waals surface area contributed by atoms with Gasteiger partial charge in [0.05, 0.1) is 11.5 Å². The highest BCUT2D eigenvalue weighted by atomic mass is 32.1. The third-order valence-corrected chi connectivity index (χ3v) is 5.41. The summed E-state index contributed by atoms with van der Waals surface area (Å²) in [7, 11) is 0. The minimum atomic E-state index is -1.11. The van der Waals surface area contributed by atoms with E-state index in [9.17, 15) is 10.2 Å². The van der Waals surface area contributed by atoms with E-state index in [0.29, 0.717) is 22.8 Å². The van der Waals surface area contributed by atoms with Gasteiger partial charge in [0.15, 0.2) is 29.0 Å². The number of fused-ring (bicyclic) bond motifs is 1. The average Bonchev–Trinajstić information content (AvgIpc) is 3.39. The predicted molar refractivity (Wildman–Crippen MR) is 106 cm³/mol. The zero-order valence-electron chi connectivity index (χ0n) is 15.4. The van der Waals surface area contributed by atoms with Gasteiger partial charge in [-0.25, -0.2) is 15.0 Å². The number of nitrogens with two attached hydrogens (primary N) is 1. The summed E-state index contributed by atoms with van der Waals surface area (Å²) in [6, 6.07) is 3.82. The second-order valence-electron chi connectivity index (χ2n) is 6.57. The minimum Gasteiger partial charge on any atom is -0.388 e. The van der Waals surface area contributed by atoms with Crippen molar-refractivity contribution < 1.29 is 14.9 Å². The summed E-state index contributed by atoms with van der Waals surface area (Å²) in [6.45, 7) is 2.13. The second kappa shape index (κ2) is 7.85. The maximum atomic E-state index is 10.4. The van der Waals surface area contributed by atoms with E-state index in [-0.39, 0.29) is 12.4 Å². The van der Waals surface area contributed by atoms with E-state index >= 15 is 0 Å². The molecule has 0 bridgehead atoms. The largest absolute Gasteiger partial charge is 0.388 e. The summed E-state index contributed by atoms with van der Waals surface area (Å²) in [5, 5.41) is 22.3. The van der Waals surface area contributed by atoms with Crippen LogP contribution >= 0.6 is 11.3 Å². The van der Waals surface area contributed by atoms with Gasteiger partial charge >= 0.3 is 0 Å². The Hall–Kier alpha value is -2.51. The van der Waals surface area contributed by atoms with E-state index in [0.717, 1.165) is 24.1 Å². The Labute approximate surface area is 166 Å². The molecule has 4 heterocycles. The lowest BCUT2D eigenvalue weighted by atomic mass is 10.2. The van der Waals surface area contributed by atoms with Gasteiger partial charge in [0.2, 0.25) is 5.82 Å². The molecule has 3 atom stereocenters. The van der Waals surface area contributed by atoms with Gasteiger partial charge in [0.1, 0.15) is 12.2 Å². The normalized spacial score (nSPS) is 21.8. The fraction of sp³-hybridized carbons (Fsp3) is 0.421. The van der Waals surface area contributed by atoms with Gasteiger partial charge in [-0.3, -0.25) is 4.57 Å². The Bertz CT molecular complexity index is 1040. The zero-order valence-corrected chi connectivity index (χ0v) is 16.2. The Morgan fingerprint density at radius 2 is 2.21 bits per heavy atom. The van der Waals surface area contributed by atoms with E-state index in [2.05, 4.69) is 33.7 Å². The lowest BCUT2D eigenvalue weighted by Gasteiger charge is -2.19. The standard InChI is InChI=1S/C19H21N5O3S/c1-2-3-4-5-8-13-21-16(20)14-18(22-13)24(19-15(26)11(25)10-27-19)17(23-14)12-7-6-9-28-12/h6-7,9,11,15,19,25-26H,2-4,10H2,1H3,(H2,20,21,22)/t11?,15?,19-/m1/s1. The zero-order chi connectivity index (χ0) is 19.7. The van der Waals surface area contributed by atoms with Gasteiger partial charge in [0, 0.05) is 6.42 Å². The molecular formula is C19H21N5O3S. The molecule has 0 spiro atoms. The maximum absolute atomic E-state index is 10.4. The van der Waals surface area contributed by atoms with Crippen LogP contribution in [0.4, 0.5) is 5.82 Å². The monoisotopic (exact) mass is 399 g/mol. The molecule has 1 saturated heterocycles. The molecule has 0 aromatic carbocycles. The van der Waals surface area contributed by atoms with Crippen molar-refractivity contribution in [3.05, 3.63) is 23.3 Å². The molecule has 9 heteroatoms. The minimum absolute atomic E-state index is 0.0274. The quantitative estimate of drug-likeness (QED) is 0.453. The van der Waals surface area contributed by atoms with Crippen molar-refractivity contribution >= 4 is 28.3 Å². The van der Waals surface area contributed by atoms with Gasteiger partial charge in [-0.05, 0) is 23.8 Å². The summed E-state index contributed by atoms with van der Waals surface area (Å²) < 4.78 is 7.33. The van der Waals surface area contributed by atoms with Crippen molar-refractivity contribution in [1.82, 2.24) is 19.5 Å². The molecule has 0 aliphatic carbocycles. The third-order valence-electron chi connectivity index (χ3n) is 4.54. The highest BCUT2D eigenvalue weighted by Crippen LogP contribution is 2.36. The predicted octanol–water partition coefficient (Wildman–Crippen LogP) is 1.93. The number of unbranched alkanes of at least 4 members (excludes halogenated alkanes) is 2. The number of nitrogens with zero attached hydrogens (tertiary/aromatic N) is 4. The molecule has 146 valence electrons. The van der Waals surface area contributed by atoms with Gasteiger partial charge in [-0.15, -0.1) is 11.3 Å². The van der Waals surface area contributed by atoms with E-state index in [4.69, 9.17) is 10.5 Å². The van der Waals surface area contributed by atoms with Crippen LogP contribution in [-0.2, 0) is 4.74 Å². The van der Waals surface area contributed by atoms with Crippen molar-refractivity contribution in [1.29, 1.82) is 0 Å². The second-order valence-corrected chi connectivity index (χ2v) is 7.52. The number of hydrogen-bond donors (Lipinski definition) is 3. The van der Waals surface area contributed by atoms with E-state index in [1.807, 2.05) is 17.5 Å². The topological polar surface area (TPSA) is 119 Å². The molecule has 0 saturated carbocycles. The van der Waals surface area contributed by atoms with Gasteiger partial charge in [0.25, 0.3) is 0 Å². The van der Waals surface area contributed by atoms with Crippen LogP contribution in [0.15, 0.2) is 17.5 Å². The van der Waals surface area contributed by atoms with Crippen LogP contribution in [0.2, 0.25) is 0 Å². The molecule has 0 amide bonds. The number of anilines is 1. The average molecular weight is 399 g/mol. The number of aromatic nitrogens is 4. The van der Waals surface area contributed by atoms with E-state index in [1.165, 1.54) is 11.3 Å². The number of aliphatic hydroxyl groups excluding tert-OH is 2. The first kappa shape index (κ1) is 18.8. The maximum Gasteiger partial charge on any atom is 0.208 e. The Balaban J connectivity index is 1.88. The molecule has 1 fully saturated rings. The Morgan fingerprint density at radius 1 is 1.36 bits per heavy atom. The molecule has 8 nitrogen and oxygen atoms in total. The van der Waals surface area contributed by atoms with Crippen LogP contribution in [0.3, 0.4) is 0 Å². The van der Waals surface area contributed by atoms with Crippen LogP contribution in [0.5, 0.6) is 0 Å². The van der Waals surface area contributed by atoms with E-state index < -0.39 is 18.4 Å². The van der Waals surface area contributed by atoms with Gasteiger partial charge in [-0.2, -0.15) is 0 Å². The smallest absolute Gasteiger partial charge is 0.208 e. The first-order valence-corrected chi connectivity index (χ1v) is 10.0. The molecule has 4 rings (SSSR count). The van der Waals surface area contributed by atoms with Crippen molar-refractivity contribution in [3.63, 3.8) is 0 Å². The number of nitrogen functional groups attached to an aromatic ring is 1. The van der Waals surface area contributed by atoms with Crippen LogP contribution < -0.4 is 5.73 Å². The summed E-state index contributed by atoms with van der Waals surface area (Å²) in [5.41, 5.74) is 6.98. The van der Waals surface area contributed by atoms with E-state index in [1.54, 1.807) is 4.57 Å². The first-order valence-electron chi connectivity index (χ1n) is 9.16. The number of thiophene rings is 1. The summed E-state index contributed by atoms with van der Waals surface area (Å²) in [4.78, 5) is 14.3. The lowest BCUT2D eigenvalue weighted by Crippen LogP contribution is -2.28. The molecule has 28 heavy (non-hydrogen) atoms. The molecule has 4 N–H and O–H groups in total. The number of rotatable bonds is 4. The lowest BCUT2D eigenvalue weighted by molar-refractivity contribution is -0.0152. The SMILES string of the molecule is CCCCC#Cc1nc(N)c2nc(-c3cccs3)n([C@@H]3OCC(O)C3O)c2n1. The van der Waals surface area contributed by atoms with Crippen molar-refractivity contribution in [2.75, 3.05) is 12.3 Å². The van der Waals surface area contributed by atoms with Gasteiger partial charge < -0.3 is 20.7 Å². The molecule has 3 aromatic rings. The fourth-order valence-corrected chi connectivity index (χ4v) is 3.80. The molecule has 0 radical (unpaired) electrons. The third kappa shape index (κ3) is 3.36. The van der Waals surface area contributed by atoms with Gasteiger partial charge in [-0.1, -0.05) is 25.3 Å². The summed E-state index contributed by atoms with van der Waals surface area (Å²) >= 11 is 1.50.